The maximum absolute atomic E-state index is 12.2. The molecule has 0 N–H and O–H groups in total. The van der Waals surface area contributed by atoms with Crippen molar-refractivity contribution in [2.75, 3.05) is 13.7 Å². The van der Waals surface area contributed by atoms with Crippen molar-refractivity contribution in [1.29, 1.82) is 0 Å². The molecule has 1 aromatic carbocycles. The van der Waals surface area contributed by atoms with Crippen LogP contribution in [0.3, 0.4) is 0 Å². The number of carbonyl (C=O) groups excluding carboxylic acids is 3. The van der Waals surface area contributed by atoms with Crippen LogP contribution in [0, 0.1) is 0 Å². The molecule has 0 bridgehead atoms. The number of hydrogen-bond donors (Lipinski definition) is 0. The Hall–Kier alpha value is -3.23. The summed E-state index contributed by atoms with van der Waals surface area (Å²) in [5.74, 6) is -0.851. The molecule has 2 heterocycles. The summed E-state index contributed by atoms with van der Waals surface area (Å²) in [6.07, 6.45) is 0.567. The van der Waals surface area contributed by atoms with Gasteiger partial charge in [-0.25, -0.2) is 9.69 Å². The molecule has 1 aliphatic rings. The van der Waals surface area contributed by atoms with E-state index in [4.69, 9.17) is 9.26 Å². The minimum Gasteiger partial charge on any atom is -0.496 e. The molecule has 0 aliphatic carbocycles. The van der Waals surface area contributed by atoms with Gasteiger partial charge in [0.2, 0.25) is 11.7 Å². The molecule has 3 rings (SSSR count). The second-order valence-corrected chi connectivity index (χ2v) is 5.34. The second-order valence-electron chi connectivity index (χ2n) is 5.34. The summed E-state index contributed by atoms with van der Waals surface area (Å²) < 4.78 is 10.4. The third-order valence-corrected chi connectivity index (χ3v) is 3.69. The normalized spacial score (nSPS) is 14.6. The Morgan fingerprint density at radius 2 is 1.84 bits per heavy atom. The van der Waals surface area contributed by atoms with Crippen LogP contribution >= 0.6 is 0 Å². The van der Waals surface area contributed by atoms with Crippen molar-refractivity contribution in [2.45, 2.75) is 19.9 Å². The van der Waals surface area contributed by atoms with E-state index in [2.05, 4.69) is 10.1 Å². The summed E-state index contributed by atoms with van der Waals surface area (Å²) in [5.41, 5.74) is 0.614. The van der Waals surface area contributed by atoms with Crippen molar-refractivity contribution >= 4 is 17.8 Å². The minimum atomic E-state index is -0.893. The number of urea groups is 1. The Bertz CT molecular complexity index is 831. The second kappa shape index (κ2) is 6.71. The standard InChI is InChI=1S/C16H16N4O5/c1-3-8-19-14(21)15(22)20(16(19)23)9-12-17-13(18-25-12)10-6-4-5-7-11(10)24-2/h4-7H,3,8-9H2,1-2H3. The molecule has 0 atom stereocenters. The lowest BCUT2D eigenvalue weighted by Crippen LogP contribution is -2.33. The van der Waals surface area contributed by atoms with Gasteiger partial charge >= 0.3 is 17.8 Å². The van der Waals surface area contributed by atoms with Crippen LogP contribution in [-0.2, 0) is 16.1 Å². The van der Waals surface area contributed by atoms with Crippen LogP contribution in [-0.4, -0.2) is 51.4 Å². The Kier molecular flexibility index (Phi) is 4.46. The topological polar surface area (TPSA) is 106 Å². The largest absolute Gasteiger partial charge is 0.496 e. The number of amides is 4. The van der Waals surface area contributed by atoms with Crippen LogP contribution < -0.4 is 4.74 Å². The molecule has 1 aliphatic heterocycles. The van der Waals surface area contributed by atoms with Gasteiger partial charge in [0.25, 0.3) is 0 Å². The molecular formula is C16H16N4O5. The first-order valence-corrected chi connectivity index (χ1v) is 7.70. The average molecular weight is 344 g/mol. The van der Waals surface area contributed by atoms with E-state index in [-0.39, 0.29) is 24.8 Å². The number of rotatable bonds is 6. The van der Waals surface area contributed by atoms with Crippen LogP contribution in [0.2, 0.25) is 0 Å². The molecule has 1 fully saturated rings. The van der Waals surface area contributed by atoms with Gasteiger partial charge in [-0.15, -0.1) is 0 Å². The summed E-state index contributed by atoms with van der Waals surface area (Å²) in [7, 11) is 1.52. The van der Waals surface area contributed by atoms with E-state index in [0.29, 0.717) is 17.7 Å². The first-order valence-electron chi connectivity index (χ1n) is 7.70. The molecule has 4 amide bonds. The summed E-state index contributed by atoms with van der Waals surface area (Å²) >= 11 is 0. The Morgan fingerprint density at radius 1 is 1.12 bits per heavy atom. The first-order chi connectivity index (χ1) is 12.1. The van der Waals surface area contributed by atoms with Gasteiger partial charge in [0.1, 0.15) is 12.3 Å². The maximum Gasteiger partial charge on any atom is 0.334 e. The fourth-order valence-electron chi connectivity index (χ4n) is 2.50. The number of ether oxygens (including phenoxy) is 1. The first kappa shape index (κ1) is 16.6. The third kappa shape index (κ3) is 2.95. The summed E-state index contributed by atoms with van der Waals surface area (Å²) in [6.45, 7) is 1.74. The van der Waals surface area contributed by atoms with E-state index >= 15 is 0 Å². The number of carbonyl (C=O) groups is 3. The molecule has 25 heavy (non-hydrogen) atoms. The van der Waals surface area contributed by atoms with Crippen LogP contribution in [0.25, 0.3) is 11.4 Å². The summed E-state index contributed by atoms with van der Waals surface area (Å²) in [6, 6.07) is 6.43. The highest BCUT2D eigenvalue weighted by atomic mass is 16.5. The molecule has 0 radical (unpaired) electrons. The van der Waals surface area contributed by atoms with E-state index in [0.717, 1.165) is 9.80 Å². The van der Waals surface area contributed by atoms with E-state index < -0.39 is 17.8 Å². The minimum absolute atomic E-state index is 0.0498. The smallest absolute Gasteiger partial charge is 0.334 e. The van der Waals surface area contributed by atoms with Crippen LogP contribution in [0.4, 0.5) is 4.79 Å². The van der Waals surface area contributed by atoms with Crippen LogP contribution in [0.5, 0.6) is 5.75 Å². The van der Waals surface area contributed by atoms with Gasteiger partial charge in [-0.1, -0.05) is 24.2 Å². The van der Waals surface area contributed by atoms with Crippen LogP contribution in [0.1, 0.15) is 19.2 Å². The van der Waals surface area contributed by atoms with Crippen molar-refractivity contribution in [2.24, 2.45) is 0 Å². The molecule has 0 saturated carbocycles. The van der Waals surface area contributed by atoms with Gasteiger partial charge in [0.15, 0.2) is 0 Å². The number of aromatic nitrogens is 2. The van der Waals surface area contributed by atoms with Gasteiger partial charge in [0, 0.05) is 6.54 Å². The lowest BCUT2D eigenvalue weighted by molar-refractivity contribution is -0.143. The molecule has 0 unspecified atom stereocenters. The zero-order valence-corrected chi connectivity index (χ0v) is 13.8. The predicted molar refractivity (Wildman–Crippen MR) is 84.2 cm³/mol. The number of para-hydroxylation sites is 1. The molecule has 0 spiro atoms. The molecule has 9 heteroatoms. The molecular weight excluding hydrogens is 328 g/mol. The maximum atomic E-state index is 12.2. The van der Waals surface area contributed by atoms with Crippen molar-refractivity contribution in [1.82, 2.24) is 19.9 Å². The number of hydrogen-bond acceptors (Lipinski definition) is 7. The van der Waals surface area contributed by atoms with Crippen molar-refractivity contribution < 1.29 is 23.6 Å². The van der Waals surface area contributed by atoms with E-state index in [1.54, 1.807) is 24.3 Å². The summed E-state index contributed by atoms with van der Waals surface area (Å²) in [5, 5.41) is 3.85. The highest BCUT2D eigenvalue weighted by Gasteiger charge is 2.44. The monoisotopic (exact) mass is 344 g/mol. The van der Waals surface area contributed by atoms with Gasteiger partial charge < -0.3 is 9.26 Å². The van der Waals surface area contributed by atoms with Crippen molar-refractivity contribution in [3.63, 3.8) is 0 Å². The average Bonchev–Trinajstić information content (AvgIpc) is 3.17. The fourth-order valence-corrected chi connectivity index (χ4v) is 2.50. The third-order valence-electron chi connectivity index (χ3n) is 3.69. The van der Waals surface area contributed by atoms with Gasteiger partial charge in [-0.05, 0) is 18.6 Å². The molecule has 1 aromatic heterocycles. The predicted octanol–water partition coefficient (Wildman–Crippen LogP) is 1.45. The van der Waals surface area contributed by atoms with Crippen molar-refractivity contribution in [3.05, 3.63) is 30.2 Å². The van der Waals surface area contributed by atoms with Crippen LogP contribution in [0.15, 0.2) is 28.8 Å². The van der Waals surface area contributed by atoms with Gasteiger partial charge in [0.05, 0.1) is 12.7 Å². The van der Waals surface area contributed by atoms with Crippen molar-refractivity contribution in [3.8, 4) is 17.1 Å². The number of methoxy groups -OCH3 is 1. The fraction of sp³-hybridized carbons (Fsp3) is 0.312. The molecule has 130 valence electrons. The molecule has 1 saturated heterocycles. The Morgan fingerprint density at radius 3 is 2.56 bits per heavy atom. The summed E-state index contributed by atoms with van der Waals surface area (Å²) in [4.78, 5) is 41.9. The Labute approximate surface area is 143 Å². The zero-order valence-electron chi connectivity index (χ0n) is 13.8. The highest BCUT2D eigenvalue weighted by Crippen LogP contribution is 2.27. The number of benzene rings is 1. The molecule has 2 aromatic rings. The number of nitrogens with zero attached hydrogens (tertiary/aromatic N) is 4. The highest BCUT2D eigenvalue weighted by molar-refractivity contribution is 6.44. The van der Waals surface area contributed by atoms with E-state index in [1.165, 1.54) is 7.11 Å². The van der Waals surface area contributed by atoms with E-state index in [9.17, 15) is 14.4 Å². The Balaban J connectivity index is 1.81. The zero-order chi connectivity index (χ0) is 18.0. The van der Waals surface area contributed by atoms with E-state index in [1.807, 2.05) is 6.92 Å². The SMILES string of the molecule is CCCN1C(=O)C(=O)N(Cc2nc(-c3ccccc3OC)no2)C1=O. The molecule has 9 nitrogen and oxygen atoms in total. The lowest BCUT2D eigenvalue weighted by Gasteiger charge is -2.12. The number of imide groups is 2. The lowest BCUT2D eigenvalue weighted by atomic mass is 10.2. The van der Waals surface area contributed by atoms with Gasteiger partial charge in [-0.3, -0.25) is 14.5 Å². The van der Waals surface area contributed by atoms with Gasteiger partial charge in [-0.2, -0.15) is 4.98 Å². The quantitative estimate of drug-likeness (QED) is 0.576.